The highest BCUT2D eigenvalue weighted by molar-refractivity contribution is 5.57. The molecule has 1 aromatic rings. The fraction of sp³-hybridized carbons (Fsp3) is 0.533. The molecule has 1 saturated heterocycles. The Hall–Kier alpha value is -1.82. The molecule has 1 aromatic carbocycles. The van der Waals surface area contributed by atoms with Crippen LogP contribution in [0.3, 0.4) is 0 Å². The predicted octanol–water partition coefficient (Wildman–Crippen LogP) is 1.68. The minimum atomic E-state index is -4.52. The Bertz CT molecular complexity index is 566. The molecule has 0 bridgehead atoms. The van der Waals surface area contributed by atoms with Gasteiger partial charge < -0.3 is 15.2 Å². The van der Waals surface area contributed by atoms with Crippen LogP contribution in [-0.4, -0.2) is 55.5 Å². The van der Waals surface area contributed by atoms with Crippen LogP contribution in [0.25, 0.3) is 0 Å². The normalized spacial score (nSPS) is 17.5. The number of aliphatic hydroxyl groups is 1. The van der Waals surface area contributed by atoms with Gasteiger partial charge in [-0.05, 0) is 18.2 Å². The molecule has 1 fully saturated rings. The van der Waals surface area contributed by atoms with E-state index in [1.54, 1.807) is 0 Å². The number of rotatable bonds is 5. The number of ether oxygens (including phenoxy) is 1. The molecule has 0 aliphatic carbocycles. The first-order valence-corrected chi connectivity index (χ1v) is 7.23. The first kappa shape index (κ1) is 17.5. The SMILES string of the molecule is N#Cc1ccc(C(F)(F)F)c(NCC(O)CN2CCOCC2)c1. The zero-order chi connectivity index (χ0) is 16.9. The summed E-state index contributed by atoms with van der Waals surface area (Å²) < 4.78 is 44.1. The number of benzene rings is 1. The van der Waals surface area contributed by atoms with Gasteiger partial charge >= 0.3 is 6.18 Å². The summed E-state index contributed by atoms with van der Waals surface area (Å²) in [4.78, 5) is 1.99. The molecule has 0 radical (unpaired) electrons. The lowest BCUT2D eigenvalue weighted by Gasteiger charge is -2.28. The topological polar surface area (TPSA) is 68.5 Å². The van der Waals surface area contributed by atoms with Gasteiger partial charge in [-0.2, -0.15) is 18.4 Å². The lowest BCUT2D eigenvalue weighted by Crippen LogP contribution is -2.42. The molecular formula is C15H18F3N3O2. The summed E-state index contributed by atoms with van der Waals surface area (Å²) in [5, 5.41) is 21.4. The van der Waals surface area contributed by atoms with E-state index < -0.39 is 17.8 Å². The van der Waals surface area contributed by atoms with Crippen LogP contribution in [0, 0.1) is 11.3 Å². The molecule has 5 nitrogen and oxygen atoms in total. The minimum absolute atomic E-state index is 0.0324. The molecule has 126 valence electrons. The van der Waals surface area contributed by atoms with Gasteiger partial charge in [0, 0.05) is 31.9 Å². The largest absolute Gasteiger partial charge is 0.418 e. The van der Waals surface area contributed by atoms with E-state index in [9.17, 15) is 18.3 Å². The van der Waals surface area contributed by atoms with E-state index in [1.807, 2.05) is 11.0 Å². The maximum absolute atomic E-state index is 13.0. The number of β-amino-alcohol motifs (C(OH)–C–C–N with tert-alkyl or cyclic N) is 1. The van der Waals surface area contributed by atoms with E-state index >= 15 is 0 Å². The fourth-order valence-electron chi connectivity index (χ4n) is 2.38. The van der Waals surface area contributed by atoms with Crippen molar-refractivity contribution in [2.24, 2.45) is 0 Å². The van der Waals surface area contributed by atoms with Crippen molar-refractivity contribution in [2.45, 2.75) is 12.3 Å². The summed E-state index contributed by atoms with van der Waals surface area (Å²) in [7, 11) is 0. The number of nitriles is 1. The Balaban J connectivity index is 1.99. The molecule has 1 heterocycles. The van der Waals surface area contributed by atoms with E-state index in [-0.39, 0.29) is 17.8 Å². The van der Waals surface area contributed by atoms with Crippen LogP contribution in [0.15, 0.2) is 18.2 Å². The number of alkyl halides is 3. The molecular weight excluding hydrogens is 311 g/mol. The highest BCUT2D eigenvalue weighted by atomic mass is 19.4. The average molecular weight is 329 g/mol. The van der Waals surface area contributed by atoms with Gasteiger partial charge in [-0.25, -0.2) is 0 Å². The highest BCUT2D eigenvalue weighted by Gasteiger charge is 2.33. The van der Waals surface area contributed by atoms with Gasteiger partial charge in [-0.1, -0.05) is 0 Å². The van der Waals surface area contributed by atoms with Crippen LogP contribution >= 0.6 is 0 Å². The first-order valence-electron chi connectivity index (χ1n) is 7.23. The lowest BCUT2D eigenvalue weighted by atomic mass is 10.1. The van der Waals surface area contributed by atoms with Crippen LogP contribution in [0.5, 0.6) is 0 Å². The maximum Gasteiger partial charge on any atom is 0.418 e. The van der Waals surface area contributed by atoms with Gasteiger partial charge in [0.05, 0.1) is 36.5 Å². The third kappa shape index (κ3) is 5.10. The van der Waals surface area contributed by atoms with Gasteiger partial charge in [0.15, 0.2) is 0 Å². The Morgan fingerprint density at radius 3 is 2.65 bits per heavy atom. The average Bonchev–Trinajstić information content (AvgIpc) is 2.52. The molecule has 1 atom stereocenters. The van der Waals surface area contributed by atoms with Crippen molar-refractivity contribution >= 4 is 5.69 Å². The predicted molar refractivity (Wildman–Crippen MR) is 77.9 cm³/mol. The van der Waals surface area contributed by atoms with Crippen molar-refractivity contribution in [2.75, 3.05) is 44.7 Å². The van der Waals surface area contributed by atoms with E-state index in [4.69, 9.17) is 10.00 Å². The Morgan fingerprint density at radius 2 is 2.04 bits per heavy atom. The monoisotopic (exact) mass is 329 g/mol. The van der Waals surface area contributed by atoms with Gasteiger partial charge in [-0.15, -0.1) is 0 Å². The van der Waals surface area contributed by atoms with Crippen molar-refractivity contribution in [3.8, 4) is 6.07 Å². The standard InChI is InChI=1S/C15H18F3N3O2/c16-15(17,18)13-2-1-11(8-19)7-14(13)20-9-12(22)10-21-3-5-23-6-4-21/h1-2,7,12,20,22H,3-6,9-10H2. The number of anilines is 1. The molecule has 2 N–H and O–H groups in total. The van der Waals surface area contributed by atoms with Gasteiger partial charge in [-0.3, -0.25) is 4.90 Å². The van der Waals surface area contributed by atoms with Crippen LogP contribution < -0.4 is 5.32 Å². The highest BCUT2D eigenvalue weighted by Crippen LogP contribution is 2.35. The Morgan fingerprint density at radius 1 is 1.35 bits per heavy atom. The minimum Gasteiger partial charge on any atom is -0.390 e. The van der Waals surface area contributed by atoms with Crippen molar-refractivity contribution in [3.05, 3.63) is 29.3 Å². The van der Waals surface area contributed by atoms with Crippen molar-refractivity contribution in [3.63, 3.8) is 0 Å². The van der Waals surface area contributed by atoms with E-state index in [1.165, 1.54) is 0 Å². The summed E-state index contributed by atoms with van der Waals surface area (Å²) in [6, 6.07) is 4.94. The van der Waals surface area contributed by atoms with Gasteiger partial charge in [0.2, 0.25) is 0 Å². The van der Waals surface area contributed by atoms with Crippen LogP contribution in [0.2, 0.25) is 0 Å². The molecule has 23 heavy (non-hydrogen) atoms. The second kappa shape index (κ2) is 7.64. The number of nitrogens with zero attached hydrogens (tertiary/aromatic N) is 2. The first-order chi connectivity index (χ1) is 10.9. The summed E-state index contributed by atoms with van der Waals surface area (Å²) in [5.74, 6) is 0. The summed E-state index contributed by atoms with van der Waals surface area (Å²) in [5.41, 5.74) is -0.921. The van der Waals surface area contributed by atoms with Crippen molar-refractivity contribution in [1.29, 1.82) is 5.26 Å². The molecule has 0 aromatic heterocycles. The molecule has 1 aliphatic heterocycles. The quantitative estimate of drug-likeness (QED) is 0.860. The molecule has 0 amide bonds. The van der Waals surface area contributed by atoms with Crippen molar-refractivity contribution < 1.29 is 23.0 Å². The number of nitrogens with one attached hydrogen (secondary N) is 1. The second-order valence-corrected chi connectivity index (χ2v) is 5.32. The van der Waals surface area contributed by atoms with Crippen LogP contribution in [0.1, 0.15) is 11.1 Å². The van der Waals surface area contributed by atoms with E-state index in [0.29, 0.717) is 32.8 Å². The van der Waals surface area contributed by atoms with E-state index in [2.05, 4.69) is 5.32 Å². The van der Waals surface area contributed by atoms with Gasteiger partial charge in [0.1, 0.15) is 0 Å². The molecule has 1 unspecified atom stereocenters. The third-order valence-corrected chi connectivity index (χ3v) is 3.55. The van der Waals surface area contributed by atoms with Crippen molar-refractivity contribution in [1.82, 2.24) is 4.90 Å². The maximum atomic E-state index is 13.0. The molecule has 2 rings (SSSR count). The van der Waals surface area contributed by atoms with E-state index in [0.717, 1.165) is 18.2 Å². The number of hydrogen-bond acceptors (Lipinski definition) is 5. The summed E-state index contributed by atoms with van der Waals surface area (Å²) >= 11 is 0. The Labute approximate surface area is 132 Å². The van der Waals surface area contributed by atoms with Gasteiger partial charge in [0.25, 0.3) is 0 Å². The molecule has 0 saturated carbocycles. The lowest BCUT2D eigenvalue weighted by molar-refractivity contribution is -0.137. The number of aliphatic hydroxyl groups excluding tert-OH is 1. The second-order valence-electron chi connectivity index (χ2n) is 5.32. The third-order valence-electron chi connectivity index (χ3n) is 3.55. The van der Waals surface area contributed by atoms with Crippen LogP contribution in [-0.2, 0) is 10.9 Å². The molecule has 1 aliphatic rings. The summed E-state index contributed by atoms with van der Waals surface area (Å²) in [6.07, 6.45) is -5.34. The van der Waals surface area contributed by atoms with Crippen LogP contribution in [0.4, 0.5) is 18.9 Å². The Kier molecular flexibility index (Phi) is 5.82. The number of halogens is 3. The summed E-state index contributed by atoms with van der Waals surface area (Å²) in [6.45, 7) is 2.87. The smallest absolute Gasteiger partial charge is 0.390 e. The number of hydrogen-bond donors (Lipinski definition) is 2. The number of morpholine rings is 1. The zero-order valence-electron chi connectivity index (χ0n) is 12.4. The molecule has 0 spiro atoms. The molecule has 8 heteroatoms. The zero-order valence-corrected chi connectivity index (χ0v) is 12.4. The fourth-order valence-corrected chi connectivity index (χ4v) is 2.38.